The van der Waals surface area contributed by atoms with Gasteiger partial charge >= 0.3 is 0 Å². The van der Waals surface area contributed by atoms with Crippen LogP contribution in [0.25, 0.3) is 0 Å². The average Bonchev–Trinajstić information content (AvgIpc) is 2.82. The summed E-state index contributed by atoms with van der Waals surface area (Å²) in [5.74, 6) is 1.66. The van der Waals surface area contributed by atoms with E-state index in [1.165, 1.54) is 18.5 Å². The van der Waals surface area contributed by atoms with Crippen molar-refractivity contribution in [1.82, 2.24) is 10.2 Å². The molecule has 0 radical (unpaired) electrons. The molecule has 118 valence electrons. The van der Waals surface area contributed by atoms with E-state index in [1.54, 1.807) is 0 Å². The Morgan fingerprint density at radius 1 is 1.29 bits per heavy atom. The minimum absolute atomic E-state index is 0.220. The molecule has 0 saturated carbocycles. The fraction of sp³-hybridized carbons (Fsp3) is 0.667. The highest BCUT2D eigenvalue weighted by atomic mass is 16.5. The fourth-order valence-corrected chi connectivity index (χ4v) is 3.45. The van der Waals surface area contributed by atoms with Crippen molar-refractivity contribution in [2.24, 2.45) is 5.92 Å². The van der Waals surface area contributed by atoms with Gasteiger partial charge in [0.2, 0.25) is 0 Å². The Hall–Kier alpha value is -1.06. The number of hydrogen-bond acceptors (Lipinski definition) is 3. The van der Waals surface area contributed by atoms with Crippen molar-refractivity contribution in [1.29, 1.82) is 0 Å². The van der Waals surface area contributed by atoms with Crippen molar-refractivity contribution in [2.75, 3.05) is 20.1 Å². The summed E-state index contributed by atoms with van der Waals surface area (Å²) in [7, 11) is 2.05. The maximum Gasteiger partial charge on any atom is 0.120 e. The van der Waals surface area contributed by atoms with Gasteiger partial charge in [-0.1, -0.05) is 12.1 Å². The predicted molar refractivity (Wildman–Crippen MR) is 88.8 cm³/mol. The molecule has 1 aliphatic heterocycles. The van der Waals surface area contributed by atoms with Crippen LogP contribution >= 0.6 is 0 Å². The predicted octanol–water partition coefficient (Wildman–Crippen LogP) is 3.46. The van der Waals surface area contributed by atoms with Gasteiger partial charge in [0.25, 0.3) is 0 Å². The summed E-state index contributed by atoms with van der Waals surface area (Å²) < 4.78 is 5.87. The smallest absolute Gasteiger partial charge is 0.120 e. The molecular formula is C18H30N2O. The molecular weight excluding hydrogens is 260 g/mol. The Morgan fingerprint density at radius 2 is 2.05 bits per heavy atom. The molecule has 0 bridgehead atoms. The Bertz CT molecular complexity index is 445. The van der Waals surface area contributed by atoms with Crippen molar-refractivity contribution >= 4 is 0 Å². The maximum absolute atomic E-state index is 5.87. The van der Waals surface area contributed by atoms with Crippen molar-refractivity contribution in [3.05, 3.63) is 29.8 Å². The van der Waals surface area contributed by atoms with Crippen LogP contribution in [0, 0.1) is 5.92 Å². The maximum atomic E-state index is 5.87. The molecule has 2 atom stereocenters. The summed E-state index contributed by atoms with van der Waals surface area (Å²) in [5.41, 5.74) is 1.39. The lowest BCUT2D eigenvalue weighted by Crippen LogP contribution is -2.33. The first-order valence-electron chi connectivity index (χ1n) is 8.20. The van der Waals surface area contributed by atoms with Gasteiger partial charge in [0.1, 0.15) is 5.75 Å². The zero-order chi connectivity index (χ0) is 15.4. The van der Waals surface area contributed by atoms with Gasteiger partial charge in [-0.2, -0.15) is 0 Å². The number of nitrogens with zero attached hydrogens (tertiary/aromatic N) is 1. The van der Waals surface area contributed by atoms with Crippen molar-refractivity contribution < 1.29 is 4.74 Å². The quantitative estimate of drug-likeness (QED) is 0.868. The van der Waals surface area contributed by atoms with Crippen molar-refractivity contribution in [3.63, 3.8) is 0 Å². The van der Waals surface area contributed by atoms with Gasteiger partial charge in [-0.25, -0.2) is 0 Å². The zero-order valence-electron chi connectivity index (χ0n) is 14.1. The molecule has 1 fully saturated rings. The largest absolute Gasteiger partial charge is 0.491 e. The van der Waals surface area contributed by atoms with Crippen LogP contribution in [0.1, 0.15) is 45.7 Å². The molecule has 1 aliphatic rings. The van der Waals surface area contributed by atoms with E-state index >= 15 is 0 Å². The van der Waals surface area contributed by atoms with E-state index in [-0.39, 0.29) is 6.10 Å². The molecule has 21 heavy (non-hydrogen) atoms. The molecule has 0 aliphatic carbocycles. The van der Waals surface area contributed by atoms with E-state index in [9.17, 15) is 0 Å². The summed E-state index contributed by atoms with van der Waals surface area (Å²) in [5, 5.41) is 3.36. The van der Waals surface area contributed by atoms with E-state index in [4.69, 9.17) is 4.74 Å². The third-order valence-corrected chi connectivity index (χ3v) is 4.26. The van der Waals surface area contributed by atoms with E-state index in [0.717, 1.165) is 12.3 Å². The van der Waals surface area contributed by atoms with Gasteiger partial charge in [0.05, 0.1) is 6.10 Å². The lowest BCUT2D eigenvalue weighted by Gasteiger charge is -2.32. The van der Waals surface area contributed by atoms with Gasteiger partial charge in [0, 0.05) is 12.1 Å². The third kappa shape index (κ3) is 3.98. The molecule has 3 nitrogen and oxygen atoms in total. The molecule has 3 heteroatoms. The van der Waals surface area contributed by atoms with Gasteiger partial charge in [0.15, 0.2) is 0 Å². The molecule has 1 aromatic carbocycles. The van der Waals surface area contributed by atoms with Crippen LogP contribution in [0.2, 0.25) is 0 Å². The summed E-state index contributed by atoms with van der Waals surface area (Å²) in [6.07, 6.45) is 1.48. The Balaban J connectivity index is 2.26. The first kappa shape index (κ1) is 16.3. The highest BCUT2D eigenvalue weighted by Crippen LogP contribution is 2.39. The second-order valence-corrected chi connectivity index (χ2v) is 6.62. The van der Waals surface area contributed by atoms with Crippen LogP contribution in [0.5, 0.6) is 5.75 Å². The first-order valence-corrected chi connectivity index (χ1v) is 8.20. The molecule has 0 aromatic heterocycles. The van der Waals surface area contributed by atoms with Crippen LogP contribution in [0.15, 0.2) is 24.3 Å². The Labute approximate surface area is 129 Å². The Morgan fingerprint density at radius 3 is 2.67 bits per heavy atom. The van der Waals surface area contributed by atoms with Crippen molar-refractivity contribution in [3.8, 4) is 5.75 Å². The minimum Gasteiger partial charge on any atom is -0.491 e. The third-order valence-electron chi connectivity index (χ3n) is 4.26. The Kier molecular flexibility index (Phi) is 5.65. The number of hydrogen-bond donors (Lipinski definition) is 1. The van der Waals surface area contributed by atoms with E-state index < -0.39 is 0 Å². The number of likely N-dealkylation sites (tertiary alicyclic amines) is 1. The number of benzene rings is 1. The first-order chi connectivity index (χ1) is 10.0. The average molecular weight is 290 g/mol. The van der Waals surface area contributed by atoms with E-state index in [0.29, 0.717) is 18.0 Å². The molecule has 1 saturated heterocycles. The lowest BCUT2D eigenvalue weighted by molar-refractivity contribution is 0.181. The minimum atomic E-state index is 0.220. The topological polar surface area (TPSA) is 24.5 Å². The number of rotatable bonds is 6. The van der Waals surface area contributed by atoms with Gasteiger partial charge < -0.3 is 10.1 Å². The fourth-order valence-electron chi connectivity index (χ4n) is 3.45. The molecule has 1 aromatic rings. The van der Waals surface area contributed by atoms with E-state index in [1.807, 2.05) is 7.05 Å². The monoisotopic (exact) mass is 290 g/mol. The van der Waals surface area contributed by atoms with Crippen LogP contribution in [-0.2, 0) is 0 Å². The van der Waals surface area contributed by atoms with Crippen LogP contribution in [0.4, 0.5) is 0 Å². The zero-order valence-corrected chi connectivity index (χ0v) is 14.1. The second-order valence-electron chi connectivity index (χ2n) is 6.62. The SMILES string of the molecule is CNCC1CCN(C(C)C)C1c1cccc(OC(C)C)c1. The molecule has 1 N–H and O–H groups in total. The summed E-state index contributed by atoms with van der Waals surface area (Å²) in [6.45, 7) is 11.0. The van der Waals surface area contributed by atoms with Gasteiger partial charge in [-0.3, -0.25) is 4.90 Å². The summed E-state index contributed by atoms with van der Waals surface area (Å²) in [4.78, 5) is 2.62. The highest BCUT2D eigenvalue weighted by molar-refractivity contribution is 5.32. The highest BCUT2D eigenvalue weighted by Gasteiger charge is 2.36. The number of nitrogens with one attached hydrogen (secondary N) is 1. The molecule has 2 rings (SSSR count). The van der Waals surface area contributed by atoms with Crippen LogP contribution in [-0.4, -0.2) is 37.2 Å². The normalized spacial score (nSPS) is 23.2. The molecule has 0 spiro atoms. The molecule has 1 heterocycles. The second kappa shape index (κ2) is 7.28. The number of ether oxygens (including phenoxy) is 1. The van der Waals surface area contributed by atoms with Gasteiger partial charge in [-0.05, 0) is 77.9 Å². The lowest BCUT2D eigenvalue weighted by atomic mass is 9.93. The van der Waals surface area contributed by atoms with E-state index in [2.05, 4.69) is 62.2 Å². The standard InChI is InChI=1S/C18H30N2O/c1-13(2)20-10-9-16(12-19-5)18(20)15-7-6-8-17(11-15)21-14(3)4/h6-8,11,13-14,16,18-19H,9-10,12H2,1-5H3. The van der Waals surface area contributed by atoms with Crippen molar-refractivity contribution in [2.45, 2.75) is 52.3 Å². The van der Waals surface area contributed by atoms with Gasteiger partial charge in [-0.15, -0.1) is 0 Å². The molecule has 2 unspecified atom stereocenters. The van der Waals surface area contributed by atoms with Crippen LogP contribution in [0.3, 0.4) is 0 Å². The molecule has 0 amide bonds. The summed E-state index contributed by atoms with van der Waals surface area (Å²) in [6, 6.07) is 9.74. The van der Waals surface area contributed by atoms with Crippen LogP contribution < -0.4 is 10.1 Å². The summed E-state index contributed by atoms with van der Waals surface area (Å²) >= 11 is 0.